The van der Waals surface area contributed by atoms with Gasteiger partial charge in [0.2, 0.25) is 5.91 Å². The van der Waals surface area contributed by atoms with Crippen LogP contribution in [0.2, 0.25) is 0 Å². The minimum atomic E-state index is -3.79. The first-order valence-corrected chi connectivity index (χ1v) is 11.9. The molecular weight excluding hydrogens is 426 g/mol. The maximum Gasteiger partial charge on any atom is 0.261 e. The van der Waals surface area contributed by atoms with E-state index in [9.17, 15) is 13.2 Å². The molecule has 1 aromatic heterocycles. The molecule has 0 aliphatic carbocycles. The van der Waals surface area contributed by atoms with Crippen LogP contribution in [-0.2, 0) is 14.8 Å². The van der Waals surface area contributed by atoms with Gasteiger partial charge in [0.25, 0.3) is 10.0 Å². The van der Waals surface area contributed by atoms with Crippen molar-refractivity contribution in [1.29, 1.82) is 0 Å². The van der Waals surface area contributed by atoms with E-state index < -0.39 is 16.1 Å². The lowest BCUT2D eigenvalue weighted by atomic mass is 9.98. The highest BCUT2D eigenvalue weighted by atomic mass is 32.2. The van der Waals surface area contributed by atoms with Crippen LogP contribution in [0.1, 0.15) is 43.4 Å². The fourth-order valence-corrected chi connectivity index (χ4v) is 4.75. The molecule has 4 rings (SSSR count). The minimum Gasteiger partial charge on any atom is -0.460 e. The number of hydrazone groups is 1. The summed E-state index contributed by atoms with van der Waals surface area (Å²) in [6.45, 7) is 5.48. The first kappa shape index (κ1) is 21.8. The van der Waals surface area contributed by atoms with Gasteiger partial charge in [0.05, 0.1) is 16.6 Å². The van der Waals surface area contributed by atoms with E-state index in [0.29, 0.717) is 29.1 Å². The molecule has 0 spiro atoms. The molecule has 0 radical (unpaired) electrons. The summed E-state index contributed by atoms with van der Waals surface area (Å²) in [7, 11) is -3.79. The van der Waals surface area contributed by atoms with Crippen LogP contribution in [0.15, 0.2) is 81.1 Å². The molecular formula is C24H25N3O4S. The second kappa shape index (κ2) is 8.63. The van der Waals surface area contributed by atoms with Crippen LogP contribution in [0.5, 0.6) is 0 Å². The summed E-state index contributed by atoms with van der Waals surface area (Å²) in [6.07, 6.45) is 0.412. The van der Waals surface area contributed by atoms with Gasteiger partial charge in [-0.05, 0) is 37.3 Å². The number of carbonyl (C=O) groups is 1. The number of amides is 1. The third-order valence-corrected chi connectivity index (χ3v) is 6.65. The van der Waals surface area contributed by atoms with Gasteiger partial charge >= 0.3 is 0 Å². The molecule has 3 aromatic rings. The highest BCUT2D eigenvalue weighted by molar-refractivity contribution is 7.92. The van der Waals surface area contributed by atoms with Crippen LogP contribution in [-0.4, -0.2) is 25.0 Å². The summed E-state index contributed by atoms with van der Waals surface area (Å²) in [5.41, 5.74) is 1.73. The first-order valence-electron chi connectivity index (χ1n) is 10.4. The summed E-state index contributed by atoms with van der Waals surface area (Å²) >= 11 is 0. The quantitative estimate of drug-likeness (QED) is 0.587. The molecule has 2 heterocycles. The number of furan rings is 1. The van der Waals surface area contributed by atoms with Gasteiger partial charge in [-0.2, -0.15) is 5.10 Å². The van der Waals surface area contributed by atoms with Crippen molar-refractivity contribution in [3.05, 3.63) is 83.8 Å². The fraction of sp³-hybridized carbons (Fsp3) is 0.250. The minimum absolute atomic E-state index is 0.144. The lowest BCUT2D eigenvalue weighted by Gasteiger charge is -2.25. The average molecular weight is 452 g/mol. The Kier molecular flexibility index (Phi) is 5.88. The number of hydrogen-bond donors (Lipinski definition) is 1. The largest absolute Gasteiger partial charge is 0.460 e. The maximum absolute atomic E-state index is 13.0. The van der Waals surface area contributed by atoms with Crippen LogP contribution < -0.4 is 4.72 Å². The zero-order chi connectivity index (χ0) is 22.9. The molecule has 0 saturated carbocycles. The molecule has 1 aliphatic rings. The lowest BCUT2D eigenvalue weighted by molar-refractivity contribution is -0.136. The molecule has 1 aliphatic heterocycles. The van der Waals surface area contributed by atoms with Gasteiger partial charge < -0.3 is 4.42 Å². The number of nitrogens with zero attached hydrogens (tertiary/aromatic N) is 2. The molecule has 0 bridgehead atoms. The van der Waals surface area contributed by atoms with Crippen LogP contribution in [0.4, 0.5) is 5.69 Å². The smallest absolute Gasteiger partial charge is 0.261 e. The van der Waals surface area contributed by atoms with Gasteiger partial charge in [0, 0.05) is 17.9 Å². The Morgan fingerprint density at radius 3 is 2.41 bits per heavy atom. The topological polar surface area (TPSA) is 92.0 Å². The molecule has 1 atom stereocenters. The predicted octanol–water partition coefficient (Wildman–Crippen LogP) is 4.72. The van der Waals surface area contributed by atoms with E-state index >= 15 is 0 Å². The molecule has 1 N–H and O–H groups in total. The van der Waals surface area contributed by atoms with E-state index in [-0.39, 0.29) is 16.7 Å². The van der Waals surface area contributed by atoms with Gasteiger partial charge in [-0.25, -0.2) is 13.4 Å². The Hall–Kier alpha value is -3.39. The zero-order valence-electron chi connectivity index (χ0n) is 18.1. The predicted molar refractivity (Wildman–Crippen MR) is 123 cm³/mol. The first-order chi connectivity index (χ1) is 15.3. The van der Waals surface area contributed by atoms with Crippen molar-refractivity contribution in [2.24, 2.45) is 11.0 Å². The van der Waals surface area contributed by atoms with Crippen molar-refractivity contribution < 1.29 is 17.6 Å². The van der Waals surface area contributed by atoms with E-state index in [1.54, 1.807) is 30.3 Å². The molecule has 2 aromatic carbocycles. The molecule has 0 fully saturated rings. The number of carbonyl (C=O) groups excluding carboxylic acids is 1. The molecule has 8 heteroatoms. The molecule has 166 valence electrons. The number of para-hydroxylation sites is 1. The second-order valence-electron chi connectivity index (χ2n) is 8.02. The van der Waals surface area contributed by atoms with Gasteiger partial charge in [0.15, 0.2) is 0 Å². The summed E-state index contributed by atoms with van der Waals surface area (Å²) < 4.78 is 34.3. The van der Waals surface area contributed by atoms with E-state index in [1.807, 2.05) is 45.0 Å². The van der Waals surface area contributed by atoms with Crippen molar-refractivity contribution in [3.63, 3.8) is 0 Å². The lowest BCUT2D eigenvalue weighted by Crippen LogP contribution is -2.31. The second-order valence-corrected chi connectivity index (χ2v) is 9.70. The Balaban J connectivity index is 1.72. The van der Waals surface area contributed by atoms with Crippen molar-refractivity contribution >= 4 is 27.3 Å². The molecule has 7 nitrogen and oxygen atoms in total. The highest BCUT2D eigenvalue weighted by Crippen LogP contribution is 2.38. The van der Waals surface area contributed by atoms with E-state index in [2.05, 4.69) is 9.82 Å². The third-order valence-electron chi connectivity index (χ3n) is 5.27. The maximum atomic E-state index is 13.0. The number of aryl methyl sites for hydroxylation is 1. The van der Waals surface area contributed by atoms with Crippen LogP contribution in [0, 0.1) is 12.8 Å². The number of anilines is 1. The molecule has 32 heavy (non-hydrogen) atoms. The van der Waals surface area contributed by atoms with Crippen molar-refractivity contribution in [2.75, 3.05) is 4.72 Å². The van der Waals surface area contributed by atoms with Crippen molar-refractivity contribution in [1.82, 2.24) is 5.01 Å². The average Bonchev–Trinajstić information content (AvgIpc) is 3.40. The number of sulfonamides is 1. The third kappa shape index (κ3) is 4.31. The Bertz CT molecular complexity index is 1260. The Labute approximate surface area is 187 Å². The van der Waals surface area contributed by atoms with E-state index in [1.165, 1.54) is 17.1 Å². The number of benzene rings is 2. The van der Waals surface area contributed by atoms with E-state index in [0.717, 1.165) is 5.76 Å². The Morgan fingerprint density at radius 1 is 1.06 bits per heavy atom. The highest BCUT2D eigenvalue weighted by Gasteiger charge is 2.36. The monoisotopic (exact) mass is 451 g/mol. The summed E-state index contributed by atoms with van der Waals surface area (Å²) in [5, 5.41) is 6.03. The van der Waals surface area contributed by atoms with E-state index in [4.69, 9.17) is 4.42 Å². The number of hydrogen-bond acceptors (Lipinski definition) is 5. The van der Waals surface area contributed by atoms with Crippen molar-refractivity contribution in [3.8, 4) is 0 Å². The van der Waals surface area contributed by atoms with Crippen molar-refractivity contribution in [2.45, 2.75) is 38.1 Å². The van der Waals surface area contributed by atoms with Gasteiger partial charge in [0.1, 0.15) is 17.2 Å². The molecule has 0 unspecified atom stereocenters. The number of rotatable bonds is 6. The summed E-state index contributed by atoms with van der Waals surface area (Å²) in [6, 6.07) is 18.5. The van der Waals surface area contributed by atoms with Gasteiger partial charge in [-0.3, -0.25) is 9.52 Å². The zero-order valence-corrected chi connectivity index (χ0v) is 19.0. The van der Waals surface area contributed by atoms with Crippen LogP contribution >= 0.6 is 0 Å². The van der Waals surface area contributed by atoms with Gasteiger partial charge in [-0.15, -0.1) is 0 Å². The van der Waals surface area contributed by atoms with Gasteiger partial charge in [-0.1, -0.05) is 50.2 Å². The summed E-state index contributed by atoms with van der Waals surface area (Å²) in [5.74, 6) is 0.943. The fourth-order valence-electron chi connectivity index (χ4n) is 3.64. The summed E-state index contributed by atoms with van der Waals surface area (Å²) in [4.78, 5) is 13.1. The molecule has 0 saturated heterocycles. The molecule has 1 amide bonds. The van der Waals surface area contributed by atoms with Crippen LogP contribution in [0.25, 0.3) is 0 Å². The number of nitrogens with one attached hydrogen (secondary N) is 1. The van der Waals surface area contributed by atoms with Crippen LogP contribution in [0.3, 0.4) is 0 Å². The Morgan fingerprint density at radius 2 is 1.75 bits per heavy atom. The standard InChI is InChI=1S/C24H25N3O4S/c1-16(2)24(28)27-22(15-21(25-27)23-14-13-17(3)31-23)19-11-7-8-12-20(19)26-32(29,30)18-9-5-4-6-10-18/h4-14,16,22,26H,15H2,1-3H3/t22-/m0/s1. The SMILES string of the molecule is Cc1ccc(C2=NN(C(=O)C(C)C)[C@H](c3ccccc3NS(=O)(=O)c3ccccc3)C2)o1. The normalized spacial score (nSPS) is 16.3.